The zero-order chi connectivity index (χ0) is 10.3. The lowest BCUT2D eigenvalue weighted by Crippen LogP contribution is -2.01. The van der Waals surface area contributed by atoms with E-state index in [4.69, 9.17) is 5.73 Å². The van der Waals surface area contributed by atoms with Crippen LogP contribution in [0.4, 0.5) is 5.69 Å². The highest BCUT2D eigenvalue weighted by Crippen LogP contribution is 2.26. The third kappa shape index (κ3) is 1.28. The molecule has 0 saturated carbocycles. The highest BCUT2D eigenvalue weighted by molar-refractivity contribution is 6.16. The summed E-state index contributed by atoms with van der Waals surface area (Å²) in [6.45, 7) is 0.748. The molecule has 0 bridgehead atoms. The van der Waals surface area contributed by atoms with Gasteiger partial charge in [-0.1, -0.05) is 12.1 Å². The van der Waals surface area contributed by atoms with Crippen molar-refractivity contribution in [1.82, 2.24) is 0 Å². The van der Waals surface area contributed by atoms with Crippen LogP contribution >= 0.6 is 0 Å². The number of hydrogen-bond donors (Lipinski definition) is 1. The van der Waals surface area contributed by atoms with Gasteiger partial charge in [-0.25, -0.2) is 0 Å². The first-order chi connectivity index (χ1) is 7.34. The molecule has 0 fully saturated rings. The minimum absolute atomic E-state index is 0.748. The predicted octanol–water partition coefficient (Wildman–Crippen LogP) is 1.93. The molecule has 0 saturated heterocycles. The number of fused-ring (bicyclic) bond motifs is 1. The van der Waals surface area contributed by atoms with Crippen molar-refractivity contribution in [2.75, 3.05) is 5.73 Å². The van der Waals surface area contributed by atoms with Crippen molar-refractivity contribution >= 4 is 17.6 Å². The van der Waals surface area contributed by atoms with Crippen LogP contribution in [0.15, 0.2) is 40.0 Å². The van der Waals surface area contributed by atoms with Crippen molar-refractivity contribution in [3.05, 3.63) is 41.1 Å². The summed E-state index contributed by atoms with van der Waals surface area (Å²) in [5.74, 6) is 0. The number of allylic oxidation sites excluding steroid dienone is 2. The first kappa shape index (κ1) is 8.41. The average molecular weight is 197 g/mol. The van der Waals surface area contributed by atoms with Gasteiger partial charge in [0.2, 0.25) is 0 Å². The van der Waals surface area contributed by atoms with Crippen LogP contribution in [0.2, 0.25) is 0 Å². The Morgan fingerprint density at radius 2 is 2.20 bits per heavy atom. The van der Waals surface area contributed by atoms with Gasteiger partial charge in [0, 0.05) is 23.9 Å². The minimum Gasteiger partial charge on any atom is -0.399 e. The monoisotopic (exact) mass is 197 g/mol. The summed E-state index contributed by atoms with van der Waals surface area (Å²) in [7, 11) is 0. The SMILES string of the molecule is Nc1ccc2c(c1)C(C1=CCC=N1)=NC2. The molecule has 0 aliphatic carbocycles. The molecule has 1 aromatic rings. The summed E-state index contributed by atoms with van der Waals surface area (Å²) in [5.41, 5.74) is 10.9. The van der Waals surface area contributed by atoms with E-state index in [0.717, 1.165) is 35.6 Å². The van der Waals surface area contributed by atoms with E-state index in [9.17, 15) is 0 Å². The van der Waals surface area contributed by atoms with Gasteiger partial charge in [0.15, 0.2) is 0 Å². The number of benzene rings is 1. The van der Waals surface area contributed by atoms with Crippen LogP contribution in [0.25, 0.3) is 0 Å². The van der Waals surface area contributed by atoms with E-state index in [1.807, 2.05) is 24.4 Å². The van der Waals surface area contributed by atoms with Crippen LogP contribution in [0.5, 0.6) is 0 Å². The molecular formula is C12H11N3. The molecule has 0 unspecified atom stereocenters. The van der Waals surface area contributed by atoms with E-state index >= 15 is 0 Å². The van der Waals surface area contributed by atoms with Gasteiger partial charge >= 0.3 is 0 Å². The summed E-state index contributed by atoms with van der Waals surface area (Å²) in [6.07, 6.45) is 4.91. The molecular weight excluding hydrogens is 186 g/mol. The molecule has 3 heteroatoms. The van der Waals surface area contributed by atoms with Gasteiger partial charge in [-0.2, -0.15) is 0 Å². The van der Waals surface area contributed by atoms with E-state index in [1.54, 1.807) is 0 Å². The van der Waals surface area contributed by atoms with Gasteiger partial charge in [0.25, 0.3) is 0 Å². The van der Waals surface area contributed by atoms with Gasteiger partial charge in [0.05, 0.1) is 18.0 Å². The molecule has 15 heavy (non-hydrogen) atoms. The predicted molar refractivity (Wildman–Crippen MR) is 62.3 cm³/mol. The Hall–Kier alpha value is -1.90. The lowest BCUT2D eigenvalue weighted by atomic mass is 10.0. The number of rotatable bonds is 1. The number of nitrogens with zero attached hydrogens (tertiary/aromatic N) is 2. The Balaban J connectivity index is 2.09. The third-order valence-corrected chi connectivity index (χ3v) is 2.69. The molecule has 0 amide bonds. The summed E-state index contributed by atoms with van der Waals surface area (Å²) in [6, 6.07) is 5.94. The van der Waals surface area contributed by atoms with E-state index in [2.05, 4.69) is 16.1 Å². The fraction of sp³-hybridized carbons (Fsp3) is 0.167. The number of anilines is 1. The fourth-order valence-corrected chi connectivity index (χ4v) is 1.95. The van der Waals surface area contributed by atoms with Crippen molar-refractivity contribution in [2.45, 2.75) is 13.0 Å². The summed E-state index contributed by atoms with van der Waals surface area (Å²) >= 11 is 0. The number of nitrogens with two attached hydrogens (primary N) is 1. The Kier molecular flexibility index (Phi) is 1.71. The molecule has 0 spiro atoms. The van der Waals surface area contributed by atoms with E-state index in [1.165, 1.54) is 5.56 Å². The van der Waals surface area contributed by atoms with Crippen LogP contribution in [0.1, 0.15) is 17.5 Å². The lowest BCUT2D eigenvalue weighted by molar-refractivity contribution is 1.11. The molecule has 3 nitrogen and oxygen atoms in total. The quantitative estimate of drug-likeness (QED) is 0.687. The van der Waals surface area contributed by atoms with Crippen molar-refractivity contribution in [1.29, 1.82) is 0 Å². The Bertz CT molecular complexity index is 510. The average Bonchev–Trinajstić information content (AvgIpc) is 2.83. The molecule has 2 aliphatic heterocycles. The maximum atomic E-state index is 5.78. The molecule has 3 rings (SSSR count). The normalized spacial score (nSPS) is 17.6. The van der Waals surface area contributed by atoms with E-state index in [-0.39, 0.29) is 0 Å². The van der Waals surface area contributed by atoms with Gasteiger partial charge < -0.3 is 5.73 Å². The first-order valence-corrected chi connectivity index (χ1v) is 5.01. The highest BCUT2D eigenvalue weighted by Gasteiger charge is 2.19. The Morgan fingerprint density at radius 3 is 3.00 bits per heavy atom. The molecule has 0 radical (unpaired) electrons. The highest BCUT2D eigenvalue weighted by atomic mass is 14.9. The molecule has 74 valence electrons. The second kappa shape index (κ2) is 3.05. The standard InChI is InChI=1S/C12H11N3/c13-9-4-3-8-7-15-12(10(8)6-9)11-2-1-5-14-11/h2-6H,1,7,13H2. The van der Waals surface area contributed by atoms with Gasteiger partial charge in [0.1, 0.15) is 0 Å². The smallest absolute Gasteiger partial charge is 0.0908 e. The van der Waals surface area contributed by atoms with E-state index < -0.39 is 0 Å². The van der Waals surface area contributed by atoms with E-state index in [0.29, 0.717) is 0 Å². The molecule has 2 aliphatic rings. The topological polar surface area (TPSA) is 50.7 Å². The van der Waals surface area contributed by atoms with Crippen LogP contribution in [-0.4, -0.2) is 11.9 Å². The van der Waals surface area contributed by atoms with Crippen molar-refractivity contribution < 1.29 is 0 Å². The van der Waals surface area contributed by atoms with Crippen molar-refractivity contribution in [3.63, 3.8) is 0 Å². The number of nitrogen functional groups attached to an aromatic ring is 1. The maximum Gasteiger partial charge on any atom is 0.0908 e. The van der Waals surface area contributed by atoms with Gasteiger partial charge in [-0.15, -0.1) is 0 Å². The summed E-state index contributed by atoms with van der Waals surface area (Å²) in [5, 5.41) is 0. The lowest BCUT2D eigenvalue weighted by Gasteiger charge is -2.03. The summed E-state index contributed by atoms with van der Waals surface area (Å²) < 4.78 is 0. The minimum atomic E-state index is 0.748. The van der Waals surface area contributed by atoms with Crippen LogP contribution in [-0.2, 0) is 6.54 Å². The zero-order valence-corrected chi connectivity index (χ0v) is 8.27. The first-order valence-electron chi connectivity index (χ1n) is 5.01. The number of aliphatic imine (C=N–C) groups is 2. The Labute approximate surface area is 88.1 Å². The molecule has 2 N–H and O–H groups in total. The molecule has 1 aromatic carbocycles. The van der Waals surface area contributed by atoms with Gasteiger partial charge in [-0.05, 0) is 17.7 Å². The van der Waals surface area contributed by atoms with Crippen molar-refractivity contribution in [3.8, 4) is 0 Å². The van der Waals surface area contributed by atoms with Crippen LogP contribution in [0, 0.1) is 0 Å². The Morgan fingerprint density at radius 1 is 1.27 bits per heavy atom. The zero-order valence-electron chi connectivity index (χ0n) is 8.27. The van der Waals surface area contributed by atoms with Crippen LogP contribution in [0.3, 0.4) is 0 Å². The molecule has 2 heterocycles. The van der Waals surface area contributed by atoms with Crippen LogP contribution < -0.4 is 5.73 Å². The van der Waals surface area contributed by atoms with Crippen molar-refractivity contribution in [2.24, 2.45) is 9.98 Å². The fourth-order valence-electron chi connectivity index (χ4n) is 1.95. The number of hydrogen-bond acceptors (Lipinski definition) is 3. The third-order valence-electron chi connectivity index (χ3n) is 2.69. The summed E-state index contributed by atoms with van der Waals surface area (Å²) in [4.78, 5) is 8.82. The molecule has 0 aromatic heterocycles. The maximum absolute atomic E-state index is 5.78. The molecule has 0 atom stereocenters. The van der Waals surface area contributed by atoms with Gasteiger partial charge in [-0.3, -0.25) is 9.98 Å². The second-order valence-electron chi connectivity index (χ2n) is 3.72. The largest absolute Gasteiger partial charge is 0.399 e. The second-order valence-corrected chi connectivity index (χ2v) is 3.72.